The number of hydrogen-bond acceptors (Lipinski definition) is 2. The Bertz CT molecular complexity index is 700. The first-order chi connectivity index (χ1) is 11.7. The molecule has 1 aliphatic carbocycles. The molecule has 6 heteroatoms. The van der Waals surface area contributed by atoms with E-state index in [1.165, 1.54) is 6.07 Å². The standard InChI is InChI=1S/C18H20ClFN4/c1-2-21-18(23-11-12-6-3-4-9-22-12)24-16-10-13(16)17-14(19)7-5-8-15(17)20/h3-9,13,16H,2,10-11H2,1H3,(H2,21,23,24). The molecule has 4 nitrogen and oxygen atoms in total. The van der Waals surface area contributed by atoms with E-state index >= 15 is 0 Å². The lowest BCUT2D eigenvalue weighted by molar-refractivity contribution is 0.608. The van der Waals surface area contributed by atoms with E-state index in [9.17, 15) is 4.39 Å². The second-order valence-corrected chi connectivity index (χ2v) is 6.15. The molecule has 1 fully saturated rings. The quantitative estimate of drug-likeness (QED) is 0.643. The molecule has 1 aliphatic rings. The Morgan fingerprint density at radius 3 is 2.92 bits per heavy atom. The van der Waals surface area contributed by atoms with Gasteiger partial charge in [-0.3, -0.25) is 4.98 Å². The van der Waals surface area contributed by atoms with Crippen LogP contribution >= 0.6 is 11.6 Å². The van der Waals surface area contributed by atoms with E-state index < -0.39 is 0 Å². The van der Waals surface area contributed by atoms with E-state index in [0.717, 1.165) is 18.7 Å². The Hall–Kier alpha value is -2.14. The highest BCUT2D eigenvalue weighted by Gasteiger charge is 2.41. The van der Waals surface area contributed by atoms with Gasteiger partial charge in [0.15, 0.2) is 5.96 Å². The summed E-state index contributed by atoms with van der Waals surface area (Å²) in [6.45, 7) is 3.26. The Balaban J connectivity index is 1.65. The van der Waals surface area contributed by atoms with Crippen molar-refractivity contribution < 1.29 is 4.39 Å². The highest BCUT2D eigenvalue weighted by Crippen LogP contribution is 2.44. The van der Waals surface area contributed by atoms with Crippen LogP contribution in [0.15, 0.2) is 47.6 Å². The van der Waals surface area contributed by atoms with Gasteiger partial charge in [-0.25, -0.2) is 9.38 Å². The highest BCUT2D eigenvalue weighted by molar-refractivity contribution is 6.31. The molecule has 0 aliphatic heterocycles. The largest absolute Gasteiger partial charge is 0.357 e. The lowest BCUT2D eigenvalue weighted by Crippen LogP contribution is -2.39. The fraction of sp³-hybridized carbons (Fsp3) is 0.333. The average molecular weight is 347 g/mol. The molecule has 24 heavy (non-hydrogen) atoms. The van der Waals surface area contributed by atoms with Gasteiger partial charge in [0.05, 0.1) is 12.2 Å². The van der Waals surface area contributed by atoms with Gasteiger partial charge in [0.2, 0.25) is 0 Å². The summed E-state index contributed by atoms with van der Waals surface area (Å²) < 4.78 is 14.0. The van der Waals surface area contributed by atoms with Gasteiger partial charge in [-0.15, -0.1) is 0 Å². The summed E-state index contributed by atoms with van der Waals surface area (Å²) in [4.78, 5) is 8.80. The van der Waals surface area contributed by atoms with Crippen LogP contribution in [-0.4, -0.2) is 23.5 Å². The minimum Gasteiger partial charge on any atom is -0.357 e. The number of nitrogens with zero attached hydrogens (tertiary/aromatic N) is 2. The van der Waals surface area contributed by atoms with Gasteiger partial charge < -0.3 is 10.6 Å². The number of rotatable bonds is 5. The van der Waals surface area contributed by atoms with E-state index in [0.29, 0.717) is 23.1 Å². The molecule has 126 valence electrons. The van der Waals surface area contributed by atoms with Crippen LogP contribution in [0.5, 0.6) is 0 Å². The fourth-order valence-corrected chi connectivity index (χ4v) is 2.99. The van der Waals surface area contributed by atoms with Crippen LogP contribution in [0.1, 0.15) is 30.5 Å². The predicted molar refractivity (Wildman–Crippen MR) is 94.7 cm³/mol. The zero-order valence-corrected chi connectivity index (χ0v) is 14.2. The molecule has 0 spiro atoms. The monoisotopic (exact) mass is 346 g/mol. The van der Waals surface area contributed by atoms with Gasteiger partial charge in [0.1, 0.15) is 5.82 Å². The molecule has 0 amide bonds. The summed E-state index contributed by atoms with van der Waals surface area (Å²) >= 11 is 6.15. The SMILES string of the molecule is CCNC(=NCc1ccccn1)NC1CC1c1c(F)cccc1Cl. The molecule has 3 rings (SSSR count). The van der Waals surface area contributed by atoms with E-state index in [1.807, 2.05) is 25.1 Å². The number of benzene rings is 1. The first-order valence-electron chi connectivity index (χ1n) is 8.07. The number of aliphatic imine (C=N–C) groups is 1. The lowest BCUT2D eigenvalue weighted by atomic mass is 10.1. The Morgan fingerprint density at radius 2 is 2.21 bits per heavy atom. The van der Waals surface area contributed by atoms with Crippen LogP contribution < -0.4 is 10.6 Å². The summed E-state index contributed by atoms with van der Waals surface area (Å²) in [6, 6.07) is 10.7. The van der Waals surface area contributed by atoms with Crippen molar-refractivity contribution in [3.8, 4) is 0 Å². The number of pyridine rings is 1. The van der Waals surface area contributed by atoms with Crippen molar-refractivity contribution in [2.24, 2.45) is 4.99 Å². The minimum atomic E-state index is -0.243. The predicted octanol–water partition coefficient (Wildman–Crippen LogP) is 3.49. The van der Waals surface area contributed by atoms with Gasteiger partial charge in [-0.1, -0.05) is 23.7 Å². The smallest absolute Gasteiger partial charge is 0.191 e. The number of guanidine groups is 1. The molecule has 2 atom stereocenters. The molecule has 2 aromatic rings. The number of aromatic nitrogens is 1. The third-order valence-corrected chi connectivity index (χ3v) is 4.28. The molecule has 2 unspecified atom stereocenters. The van der Waals surface area contributed by atoms with Crippen molar-refractivity contribution in [2.45, 2.75) is 31.8 Å². The molecule has 0 saturated heterocycles. The maximum atomic E-state index is 14.0. The summed E-state index contributed by atoms with van der Waals surface area (Å²) in [5.41, 5.74) is 1.50. The molecule has 0 radical (unpaired) electrons. The van der Waals surface area contributed by atoms with Crippen LogP contribution in [0.4, 0.5) is 4.39 Å². The van der Waals surface area contributed by atoms with E-state index in [2.05, 4.69) is 20.6 Å². The van der Waals surface area contributed by atoms with Gasteiger partial charge >= 0.3 is 0 Å². The van der Waals surface area contributed by atoms with Gasteiger partial charge in [-0.05, 0) is 37.6 Å². The summed E-state index contributed by atoms with van der Waals surface area (Å²) in [6.07, 6.45) is 2.59. The van der Waals surface area contributed by atoms with Crippen LogP contribution in [0.2, 0.25) is 5.02 Å². The summed E-state index contributed by atoms with van der Waals surface area (Å²) in [5, 5.41) is 7.05. The first-order valence-corrected chi connectivity index (χ1v) is 8.45. The van der Waals surface area contributed by atoms with Crippen LogP contribution in [0.25, 0.3) is 0 Å². The third kappa shape index (κ3) is 4.03. The lowest BCUT2D eigenvalue weighted by Gasteiger charge is -2.12. The number of hydrogen-bond donors (Lipinski definition) is 2. The van der Waals surface area contributed by atoms with E-state index in [1.54, 1.807) is 18.3 Å². The minimum absolute atomic E-state index is 0.0809. The molecular formula is C18H20ClFN4. The summed E-state index contributed by atoms with van der Waals surface area (Å²) in [7, 11) is 0. The normalized spacial score (nSPS) is 19.9. The Morgan fingerprint density at radius 1 is 1.33 bits per heavy atom. The molecule has 1 aromatic carbocycles. The molecule has 0 bridgehead atoms. The van der Waals surface area contributed by atoms with Crippen LogP contribution in [-0.2, 0) is 6.54 Å². The summed E-state index contributed by atoms with van der Waals surface area (Å²) in [5.74, 6) is 0.549. The van der Waals surface area contributed by atoms with Crippen molar-refractivity contribution in [2.75, 3.05) is 6.54 Å². The zero-order chi connectivity index (χ0) is 16.9. The average Bonchev–Trinajstić information content (AvgIpc) is 3.32. The highest BCUT2D eigenvalue weighted by atomic mass is 35.5. The topological polar surface area (TPSA) is 49.3 Å². The van der Waals surface area contributed by atoms with Crippen molar-refractivity contribution in [1.82, 2.24) is 15.6 Å². The fourth-order valence-electron chi connectivity index (χ4n) is 2.69. The van der Waals surface area contributed by atoms with Gasteiger partial charge in [0.25, 0.3) is 0 Å². The van der Waals surface area contributed by atoms with Crippen molar-refractivity contribution in [3.63, 3.8) is 0 Å². The second-order valence-electron chi connectivity index (χ2n) is 5.74. The van der Waals surface area contributed by atoms with Crippen molar-refractivity contribution >= 4 is 17.6 Å². The van der Waals surface area contributed by atoms with E-state index in [-0.39, 0.29) is 17.8 Å². The van der Waals surface area contributed by atoms with Gasteiger partial charge in [0, 0.05) is 35.3 Å². The first kappa shape index (κ1) is 16.7. The van der Waals surface area contributed by atoms with E-state index in [4.69, 9.17) is 11.6 Å². The zero-order valence-electron chi connectivity index (χ0n) is 13.5. The molecular weight excluding hydrogens is 327 g/mol. The van der Waals surface area contributed by atoms with Crippen molar-refractivity contribution in [3.05, 3.63) is 64.7 Å². The maximum Gasteiger partial charge on any atom is 0.191 e. The van der Waals surface area contributed by atoms with Crippen molar-refractivity contribution in [1.29, 1.82) is 0 Å². The maximum absolute atomic E-state index is 14.0. The molecule has 1 aromatic heterocycles. The molecule has 1 heterocycles. The Kier molecular flexibility index (Phi) is 5.30. The number of halogens is 2. The van der Waals surface area contributed by atoms with Crippen LogP contribution in [0.3, 0.4) is 0 Å². The molecule has 1 saturated carbocycles. The second kappa shape index (κ2) is 7.62. The third-order valence-electron chi connectivity index (χ3n) is 3.95. The molecule has 2 N–H and O–H groups in total. The number of nitrogens with one attached hydrogen (secondary N) is 2. The van der Waals surface area contributed by atoms with Crippen LogP contribution in [0, 0.1) is 5.82 Å². The van der Waals surface area contributed by atoms with Gasteiger partial charge in [-0.2, -0.15) is 0 Å². The Labute approximate surface area is 146 Å².